The molecule has 1 aromatic carbocycles. The second-order valence-corrected chi connectivity index (χ2v) is 2.33. The molecule has 0 fully saturated rings. The lowest BCUT2D eigenvalue weighted by Crippen LogP contribution is -2.18. The number of rotatable bonds is 1. The van der Waals surface area contributed by atoms with Gasteiger partial charge in [-0.3, -0.25) is 4.79 Å². The highest BCUT2D eigenvalue weighted by Crippen LogP contribution is 2.13. The van der Waals surface area contributed by atoms with Crippen LogP contribution >= 0.6 is 0 Å². The second-order valence-electron chi connectivity index (χ2n) is 2.33. The fourth-order valence-corrected chi connectivity index (χ4v) is 0.831. The molecule has 5 heteroatoms. The molecule has 1 N–H and O–H groups in total. The van der Waals surface area contributed by atoms with Gasteiger partial charge in [-0.1, -0.05) is 7.43 Å². The minimum absolute atomic E-state index is 0. The Morgan fingerprint density at radius 2 is 1.64 bits per heavy atom. The highest BCUT2D eigenvalue weighted by Gasteiger charge is 2.13. The summed E-state index contributed by atoms with van der Waals surface area (Å²) in [5.74, 6) is -5.00. The van der Waals surface area contributed by atoms with E-state index < -0.39 is 23.4 Å². The number of benzene rings is 1. The van der Waals surface area contributed by atoms with E-state index in [-0.39, 0.29) is 13.0 Å². The Labute approximate surface area is 79.7 Å². The largest absolute Gasteiger partial charge is 0.355 e. The Kier molecular flexibility index (Phi) is 4.14. The third kappa shape index (κ3) is 2.25. The van der Waals surface area contributed by atoms with Gasteiger partial charge in [0.2, 0.25) is 0 Å². The van der Waals surface area contributed by atoms with Crippen LogP contribution in [0.5, 0.6) is 0 Å². The van der Waals surface area contributed by atoms with Crippen LogP contribution in [0.3, 0.4) is 0 Å². The number of halogens is 3. The Morgan fingerprint density at radius 1 is 1.21 bits per heavy atom. The van der Waals surface area contributed by atoms with E-state index in [1.807, 2.05) is 0 Å². The molecule has 14 heavy (non-hydrogen) atoms. The molecule has 0 aliphatic carbocycles. The van der Waals surface area contributed by atoms with Gasteiger partial charge in [0.15, 0.2) is 17.5 Å². The van der Waals surface area contributed by atoms with Crippen molar-refractivity contribution in [2.75, 3.05) is 7.05 Å². The molecule has 0 atom stereocenters. The Morgan fingerprint density at radius 3 is 2.00 bits per heavy atom. The molecule has 0 aromatic heterocycles. The quantitative estimate of drug-likeness (QED) is 0.699. The number of carbonyl (C=O) groups excluding carboxylic acids is 1. The molecule has 2 nitrogen and oxygen atoms in total. The van der Waals surface area contributed by atoms with Crippen LogP contribution in [0.25, 0.3) is 0 Å². The van der Waals surface area contributed by atoms with Crippen LogP contribution in [-0.4, -0.2) is 13.0 Å². The zero-order chi connectivity index (χ0) is 10.0. The molecule has 78 valence electrons. The van der Waals surface area contributed by atoms with Crippen LogP contribution < -0.4 is 5.32 Å². The predicted molar refractivity (Wildman–Crippen MR) is 46.4 cm³/mol. The molecule has 0 unspecified atom stereocenters. The van der Waals surface area contributed by atoms with Gasteiger partial charge in [-0.05, 0) is 12.1 Å². The summed E-state index contributed by atoms with van der Waals surface area (Å²) in [6.45, 7) is 0. The first kappa shape index (κ1) is 12.5. The van der Waals surface area contributed by atoms with Crippen molar-refractivity contribution in [3.8, 4) is 0 Å². The van der Waals surface area contributed by atoms with Gasteiger partial charge in [0.05, 0.1) is 0 Å². The number of carbonyl (C=O) groups is 1. The molecule has 0 saturated carbocycles. The molecule has 0 heterocycles. The van der Waals surface area contributed by atoms with Crippen molar-refractivity contribution in [2.45, 2.75) is 7.43 Å². The summed E-state index contributed by atoms with van der Waals surface area (Å²) in [4.78, 5) is 10.9. The first-order valence-corrected chi connectivity index (χ1v) is 3.43. The van der Waals surface area contributed by atoms with E-state index in [4.69, 9.17) is 0 Å². The maximum Gasteiger partial charge on any atom is 0.251 e. The SMILES string of the molecule is C.CNC(=O)c1cc(F)c(F)c(F)c1. The summed E-state index contributed by atoms with van der Waals surface area (Å²) in [7, 11) is 1.31. The smallest absolute Gasteiger partial charge is 0.251 e. The van der Waals surface area contributed by atoms with Crippen LogP contribution in [0, 0.1) is 17.5 Å². The van der Waals surface area contributed by atoms with E-state index in [0.717, 1.165) is 0 Å². The molecule has 1 aromatic rings. The highest BCUT2D eigenvalue weighted by atomic mass is 19.2. The highest BCUT2D eigenvalue weighted by molar-refractivity contribution is 5.93. The Hall–Kier alpha value is -1.52. The van der Waals surface area contributed by atoms with Crippen molar-refractivity contribution < 1.29 is 18.0 Å². The molecule has 0 aliphatic heterocycles. The number of nitrogens with one attached hydrogen (secondary N) is 1. The summed E-state index contributed by atoms with van der Waals surface area (Å²) in [5, 5.41) is 2.16. The normalized spacial score (nSPS) is 9.14. The molecule has 1 rings (SSSR count). The maximum absolute atomic E-state index is 12.5. The van der Waals surface area contributed by atoms with E-state index in [9.17, 15) is 18.0 Å². The average molecular weight is 205 g/mol. The van der Waals surface area contributed by atoms with Gasteiger partial charge >= 0.3 is 0 Å². The van der Waals surface area contributed by atoms with Crippen LogP contribution in [0.1, 0.15) is 17.8 Å². The van der Waals surface area contributed by atoms with Gasteiger partial charge in [0.25, 0.3) is 5.91 Å². The van der Waals surface area contributed by atoms with Gasteiger partial charge in [0.1, 0.15) is 0 Å². The molecule has 0 bridgehead atoms. The summed E-state index contributed by atoms with van der Waals surface area (Å²) < 4.78 is 37.5. The number of hydrogen-bond acceptors (Lipinski definition) is 1. The van der Waals surface area contributed by atoms with Crippen LogP contribution in [-0.2, 0) is 0 Å². The molecule has 0 aliphatic rings. The minimum Gasteiger partial charge on any atom is -0.355 e. The maximum atomic E-state index is 12.5. The predicted octanol–water partition coefficient (Wildman–Crippen LogP) is 2.10. The summed E-state index contributed by atoms with van der Waals surface area (Å²) in [5.41, 5.74) is -0.251. The topological polar surface area (TPSA) is 29.1 Å². The van der Waals surface area contributed by atoms with Crippen molar-refractivity contribution in [3.63, 3.8) is 0 Å². The van der Waals surface area contributed by atoms with Crippen molar-refractivity contribution >= 4 is 5.91 Å². The number of hydrogen-bond donors (Lipinski definition) is 1. The van der Waals surface area contributed by atoms with Crippen LogP contribution in [0.2, 0.25) is 0 Å². The lowest BCUT2D eigenvalue weighted by molar-refractivity contribution is 0.0962. The lowest BCUT2D eigenvalue weighted by atomic mass is 10.2. The monoisotopic (exact) mass is 205 g/mol. The fourth-order valence-electron chi connectivity index (χ4n) is 0.831. The summed E-state index contributed by atoms with van der Waals surface area (Å²) >= 11 is 0. The molecule has 1 amide bonds. The van der Waals surface area contributed by atoms with Gasteiger partial charge in [-0.2, -0.15) is 0 Å². The summed E-state index contributed by atoms with van der Waals surface area (Å²) in [6, 6.07) is 1.27. The van der Waals surface area contributed by atoms with E-state index >= 15 is 0 Å². The molecule has 0 spiro atoms. The first-order chi connectivity index (χ1) is 6.06. The zero-order valence-corrected chi connectivity index (χ0v) is 6.70. The van der Waals surface area contributed by atoms with Crippen molar-refractivity contribution in [3.05, 3.63) is 35.1 Å². The summed E-state index contributed by atoms with van der Waals surface area (Å²) in [6.07, 6.45) is 0. The van der Waals surface area contributed by atoms with Crippen LogP contribution in [0.15, 0.2) is 12.1 Å². The molecular weight excluding hydrogens is 195 g/mol. The van der Waals surface area contributed by atoms with Gasteiger partial charge in [-0.25, -0.2) is 13.2 Å². The van der Waals surface area contributed by atoms with Crippen molar-refractivity contribution in [2.24, 2.45) is 0 Å². The van der Waals surface area contributed by atoms with E-state index in [1.165, 1.54) is 7.05 Å². The fraction of sp³-hybridized carbons (Fsp3) is 0.222. The van der Waals surface area contributed by atoms with Gasteiger partial charge in [0, 0.05) is 12.6 Å². The Balaban J connectivity index is 0.00000169. The van der Waals surface area contributed by atoms with E-state index in [1.54, 1.807) is 0 Å². The first-order valence-electron chi connectivity index (χ1n) is 3.43. The third-order valence-electron chi connectivity index (χ3n) is 1.47. The van der Waals surface area contributed by atoms with E-state index in [2.05, 4.69) is 5.32 Å². The molecule has 0 saturated heterocycles. The van der Waals surface area contributed by atoms with Crippen molar-refractivity contribution in [1.29, 1.82) is 0 Å². The molecular formula is C9H10F3NO. The lowest BCUT2D eigenvalue weighted by Gasteiger charge is -2.00. The van der Waals surface area contributed by atoms with Crippen LogP contribution in [0.4, 0.5) is 13.2 Å². The standard InChI is InChI=1S/C8H6F3NO.CH4/c1-12-8(13)4-2-5(9)7(11)6(10)3-4;/h2-3H,1H3,(H,12,13);1H4. The third-order valence-corrected chi connectivity index (χ3v) is 1.47. The number of amides is 1. The Bertz CT molecular complexity index is 329. The zero-order valence-electron chi connectivity index (χ0n) is 6.70. The average Bonchev–Trinajstić information content (AvgIpc) is 2.12. The second kappa shape index (κ2) is 4.64. The van der Waals surface area contributed by atoms with E-state index in [0.29, 0.717) is 12.1 Å². The molecule has 0 radical (unpaired) electrons. The van der Waals surface area contributed by atoms with Crippen molar-refractivity contribution in [1.82, 2.24) is 5.32 Å². The minimum atomic E-state index is -1.58. The van der Waals surface area contributed by atoms with Gasteiger partial charge < -0.3 is 5.32 Å². The van der Waals surface area contributed by atoms with Gasteiger partial charge in [-0.15, -0.1) is 0 Å².